The zero-order valence-electron chi connectivity index (χ0n) is 10.7. The molecule has 106 valence electrons. The summed E-state index contributed by atoms with van der Waals surface area (Å²) < 4.78 is 37.9. The SMILES string of the molecule is CC(C)N(CC(=O)c1ccccc1Br)CC(F)(F)F. The van der Waals surface area contributed by atoms with Gasteiger partial charge in [-0.25, -0.2) is 0 Å². The summed E-state index contributed by atoms with van der Waals surface area (Å²) in [4.78, 5) is 13.1. The predicted octanol–water partition coefficient (Wildman–Crippen LogP) is 3.90. The number of carbonyl (C=O) groups excluding carboxylic acids is 1. The Morgan fingerprint density at radius 3 is 2.37 bits per heavy atom. The molecule has 6 heteroatoms. The Morgan fingerprint density at radius 1 is 1.32 bits per heavy atom. The third-order valence-corrected chi connectivity index (χ3v) is 3.33. The molecular formula is C13H15BrF3NO. The number of Topliss-reactive ketones (excluding diaryl/α,β-unsaturated/α-hetero) is 1. The second-order valence-electron chi connectivity index (χ2n) is 4.52. The summed E-state index contributed by atoms with van der Waals surface area (Å²) in [7, 11) is 0. The number of rotatable bonds is 5. The fraction of sp³-hybridized carbons (Fsp3) is 0.462. The van der Waals surface area contributed by atoms with Crippen LogP contribution in [0.1, 0.15) is 24.2 Å². The molecule has 0 N–H and O–H groups in total. The van der Waals surface area contributed by atoms with Gasteiger partial charge in [0.05, 0.1) is 13.1 Å². The molecule has 1 rings (SSSR count). The normalized spacial score (nSPS) is 12.2. The molecule has 0 bridgehead atoms. The van der Waals surface area contributed by atoms with E-state index in [9.17, 15) is 18.0 Å². The van der Waals surface area contributed by atoms with E-state index in [1.807, 2.05) is 0 Å². The van der Waals surface area contributed by atoms with E-state index in [2.05, 4.69) is 15.9 Å². The average molecular weight is 338 g/mol. The summed E-state index contributed by atoms with van der Waals surface area (Å²) in [5.74, 6) is -0.328. The Hall–Kier alpha value is -0.880. The predicted molar refractivity (Wildman–Crippen MR) is 71.2 cm³/mol. The van der Waals surface area contributed by atoms with Gasteiger partial charge in [0.1, 0.15) is 0 Å². The molecule has 0 heterocycles. The van der Waals surface area contributed by atoms with Gasteiger partial charge in [0.15, 0.2) is 5.78 Å². The molecule has 1 aromatic rings. The molecule has 0 unspecified atom stereocenters. The number of ketones is 1. The van der Waals surface area contributed by atoms with Gasteiger partial charge in [-0.3, -0.25) is 9.69 Å². The van der Waals surface area contributed by atoms with Gasteiger partial charge in [-0.2, -0.15) is 13.2 Å². The van der Waals surface area contributed by atoms with Crippen molar-refractivity contribution in [3.8, 4) is 0 Å². The van der Waals surface area contributed by atoms with Crippen molar-refractivity contribution in [3.05, 3.63) is 34.3 Å². The zero-order valence-corrected chi connectivity index (χ0v) is 12.3. The molecule has 2 nitrogen and oxygen atoms in total. The largest absolute Gasteiger partial charge is 0.401 e. The van der Waals surface area contributed by atoms with Crippen molar-refractivity contribution < 1.29 is 18.0 Å². The number of hydrogen-bond donors (Lipinski definition) is 0. The molecule has 0 aromatic heterocycles. The lowest BCUT2D eigenvalue weighted by atomic mass is 10.1. The van der Waals surface area contributed by atoms with Crippen molar-refractivity contribution in [1.82, 2.24) is 4.90 Å². The van der Waals surface area contributed by atoms with Crippen LogP contribution in [0.25, 0.3) is 0 Å². The fourth-order valence-electron chi connectivity index (χ4n) is 1.61. The third-order valence-electron chi connectivity index (χ3n) is 2.63. The molecule has 0 aliphatic carbocycles. The summed E-state index contributed by atoms with van der Waals surface area (Å²) in [5, 5.41) is 0. The van der Waals surface area contributed by atoms with E-state index in [-0.39, 0.29) is 18.4 Å². The summed E-state index contributed by atoms with van der Waals surface area (Å²) in [5.41, 5.74) is 0.398. The maximum Gasteiger partial charge on any atom is 0.401 e. The van der Waals surface area contributed by atoms with Crippen molar-refractivity contribution in [1.29, 1.82) is 0 Å². The lowest BCUT2D eigenvalue weighted by Crippen LogP contribution is -2.42. The minimum atomic E-state index is -4.31. The highest BCUT2D eigenvalue weighted by atomic mass is 79.9. The molecule has 0 atom stereocenters. The van der Waals surface area contributed by atoms with E-state index < -0.39 is 12.7 Å². The van der Waals surface area contributed by atoms with Crippen LogP contribution in [0.3, 0.4) is 0 Å². The second-order valence-corrected chi connectivity index (χ2v) is 5.37. The Morgan fingerprint density at radius 2 is 1.89 bits per heavy atom. The summed E-state index contributed by atoms with van der Waals surface area (Å²) in [6, 6.07) is 6.36. The van der Waals surface area contributed by atoms with Crippen LogP contribution in [0.4, 0.5) is 13.2 Å². The van der Waals surface area contributed by atoms with Gasteiger partial charge >= 0.3 is 6.18 Å². The van der Waals surface area contributed by atoms with E-state index in [4.69, 9.17) is 0 Å². The first-order chi connectivity index (χ1) is 8.70. The van der Waals surface area contributed by atoms with Crippen molar-refractivity contribution in [2.24, 2.45) is 0 Å². The van der Waals surface area contributed by atoms with Crippen LogP contribution in [-0.4, -0.2) is 36.0 Å². The van der Waals surface area contributed by atoms with E-state index in [0.717, 1.165) is 4.90 Å². The van der Waals surface area contributed by atoms with Crippen LogP contribution in [0.5, 0.6) is 0 Å². The van der Waals surface area contributed by atoms with Crippen molar-refractivity contribution in [3.63, 3.8) is 0 Å². The smallest absolute Gasteiger partial charge is 0.293 e. The number of alkyl halides is 3. The lowest BCUT2D eigenvalue weighted by Gasteiger charge is -2.26. The first kappa shape index (κ1) is 16.2. The van der Waals surface area contributed by atoms with Gasteiger partial charge in [0, 0.05) is 16.1 Å². The standard InChI is InChI=1S/C13H15BrF3NO/c1-9(2)18(8-13(15,16)17)7-12(19)10-5-3-4-6-11(10)14/h3-6,9H,7-8H2,1-2H3. The van der Waals surface area contributed by atoms with Crippen LogP contribution in [0.15, 0.2) is 28.7 Å². The highest BCUT2D eigenvalue weighted by Gasteiger charge is 2.32. The number of carbonyl (C=O) groups is 1. The van der Waals surface area contributed by atoms with Crippen molar-refractivity contribution >= 4 is 21.7 Å². The molecule has 1 aromatic carbocycles. The monoisotopic (exact) mass is 337 g/mol. The number of nitrogens with zero attached hydrogens (tertiary/aromatic N) is 1. The molecule has 0 saturated heterocycles. The molecule has 0 saturated carbocycles. The van der Waals surface area contributed by atoms with Gasteiger partial charge in [-0.15, -0.1) is 0 Å². The topological polar surface area (TPSA) is 20.3 Å². The number of hydrogen-bond acceptors (Lipinski definition) is 2. The van der Waals surface area contributed by atoms with Crippen LogP contribution < -0.4 is 0 Å². The third kappa shape index (κ3) is 5.32. The molecule has 0 aliphatic heterocycles. The maximum atomic E-state index is 12.4. The van der Waals surface area contributed by atoms with Crippen LogP contribution in [0.2, 0.25) is 0 Å². The molecular weight excluding hydrogens is 323 g/mol. The van der Waals surface area contributed by atoms with Gasteiger partial charge in [0.2, 0.25) is 0 Å². The quantitative estimate of drug-likeness (QED) is 0.759. The van der Waals surface area contributed by atoms with E-state index >= 15 is 0 Å². The first-order valence-corrected chi connectivity index (χ1v) is 6.58. The maximum absolute atomic E-state index is 12.4. The van der Waals surface area contributed by atoms with Crippen LogP contribution >= 0.6 is 15.9 Å². The molecule has 19 heavy (non-hydrogen) atoms. The van der Waals surface area contributed by atoms with Gasteiger partial charge < -0.3 is 0 Å². The van der Waals surface area contributed by atoms with E-state index in [0.29, 0.717) is 10.0 Å². The summed E-state index contributed by atoms with van der Waals surface area (Å²) in [6.07, 6.45) is -4.31. The molecule has 0 radical (unpaired) electrons. The molecule has 0 spiro atoms. The lowest BCUT2D eigenvalue weighted by molar-refractivity contribution is -0.148. The average Bonchev–Trinajstić information content (AvgIpc) is 2.26. The van der Waals surface area contributed by atoms with E-state index in [1.54, 1.807) is 38.1 Å². The summed E-state index contributed by atoms with van der Waals surface area (Å²) >= 11 is 3.22. The molecule has 0 aliphatic rings. The molecule has 0 fully saturated rings. The fourth-order valence-corrected chi connectivity index (χ4v) is 2.11. The van der Waals surface area contributed by atoms with Crippen molar-refractivity contribution in [2.45, 2.75) is 26.1 Å². The number of halogens is 4. The minimum absolute atomic E-state index is 0.250. The minimum Gasteiger partial charge on any atom is -0.293 e. The highest BCUT2D eigenvalue weighted by molar-refractivity contribution is 9.10. The Balaban J connectivity index is 2.80. The van der Waals surface area contributed by atoms with Crippen molar-refractivity contribution in [2.75, 3.05) is 13.1 Å². The zero-order chi connectivity index (χ0) is 14.6. The summed E-state index contributed by atoms with van der Waals surface area (Å²) in [6.45, 7) is 1.94. The van der Waals surface area contributed by atoms with E-state index in [1.165, 1.54) is 0 Å². The second kappa shape index (κ2) is 6.52. The van der Waals surface area contributed by atoms with Crippen LogP contribution in [-0.2, 0) is 0 Å². The van der Waals surface area contributed by atoms with Gasteiger partial charge in [-0.1, -0.05) is 34.1 Å². The van der Waals surface area contributed by atoms with Gasteiger partial charge in [0.25, 0.3) is 0 Å². The highest BCUT2D eigenvalue weighted by Crippen LogP contribution is 2.20. The first-order valence-electron chi connectivity index (χ1n) is 5.79. The van der Waals surface area contributed by atoms with Gasteiger partial charge in [-0.05, 0) is 19.9 Å². The molecule has 0 amide bonds. The Bertz CT molecular complexity index is 446. The Kier molecular flexibility index (Phi) is 5.55. The van der Waals surface area contributed by atoms with Crippen LogP contribution in [0, 0.1) is 0 Å². The Labute approximate surface area is 118 Å². The number of benzene rings is 1.